The molecule has 1 atom stereocenters. The predicted molar refractivity (Wildman–Crippen MR) is 69.1 cm³/mol. The first-order valence-electron chi connectivity index (χ1n) is 5.35. The topological polar surface area (TPSA) is 55.6 Å². The van der Waals surface area contributed by atoms with Crippen LogP contribution < -0.4 is 5.32 Å². The SMILES string of the molecule is CNC(C)c1nnnn1-c1ccc(Br)cc1C. The van der Waals surface area contributed by atoms with Crippen molar-refractivity contribution in [3.8, 4) is 5.69 Å². The molecule has 0 fully saturated rings. The monoisotopic (exact) mass is 295 g/mol. The third-order valence-electron chi connectivity index (χ3n) is 2.70. The molecular formula is C11H14BrN5. The van der Waals surface area contributed by atoms with E-state index >= 15 is 0 Å². The van der Waals surface area contributed by atoms with Gasteiger partial charge in [-0.1, -0.05) is 15.9 Å². The number of benzene rings is 1. The highest BCUT2D eigenvalue weighted by Gasteiger charge is 2.15. The lowest BCUT2D eigenvalue weighted by Crippen LogP contribution is -2.18. The van der Waals surface area contributed by atoms with E-state index in [0.29, 0.717) is 0 Å². The summed E-state index contributed by atoms with van der Waals surface area (Å²) in [7, 11) is 1.89. The minimum atomic E-state index is 0.105. The maximum absolute atomic E-state index is 4.05. The fourth-order valence-corrected chi connectivity index (χ4v) is 2.10. The summed E-state index contributed by atoms with van der Waals surface area (Å²) >= 11 is 3.45. The molecule has 0 aliphatic rings. The second-order valence-electron chi connectivity index (χ2n) is 3.89. The van der Waals surface area contributed by atoms with Crippen LogP contribution >= 0.6 is 15.9 Å². The number of tetrazole rings is 1. The summed E-state index contributed by atoms with van der Waals surface area (Å²) in [6, 6.07) is 6.14. The highest BCUT2D eigenvalue weighted by molar-refractivity contribution is 9.10. The minimum absolute atomic E-state index is 0.105. The van der Waals surface area contributed by atoms with Gasteiger partial charge in [0.25, 0.3) is 0 Å². The summed E-state index contributed by atoms with van der Waals surface area (Å²) in [5, 5.41) is 15.0. The summed E-state index contributed by atoms with van der Waals surface area (Å²) in [6.07, 6.45) is 0. The standard InChI is InChI=1S/C11H14BrN5/c1-7-6-9(12)4-5-10(7)17-11(8(2)13-3)14-15-16-17/h4-6,8,13H,1-3H3. The molecular weight excluding hydrogens is 282 g/mol. The van der Waals surface area contributed by atoms with Gasteiger partial charge in [0, 0.05) is 4.47 Å². The van der Waals surface area contributed by atoms with Crippen molar-refractivity contribution >= 4 is 15.9 Å². The van der Waals surface area contributed by atoms with Crippen LogP contribution in [0.2, 0.25) is 0 Å². The van der Waals surface area contributed by atoms with Gasteiger partial charge in [0.1, 0.15) is 0 Å². The number of aromatic nitrogens is 4. The van der Waals surface area contributed by atoms with Crippen LogP contribution in [-0.2, 0) is 0 Å². The van der Waals surface area contributed by atoms with Crippen molar-refractivity contribution in [2.45, 2.75) is 19.9 Å². The fraction of sp³-hybridized carbons (Fsp3) is 0.364. The van der Waals surface area contributed by atoms with Crippen LogP contribution in [0.15, 0.2) is 22.7 Å². The molecule has 1 aromatic heterocycles. The molecule has 1 aromatic carbocycles. The smallest absolute Gasteiger partial charge is 0.173 e. The maximum Gasteiger partial charge on any atom is 0.173 e. The number of rotatable bonds is 3. The van der Waals surface area contributed by atoms with E-state index in [1.54, 1.807) is 4.68 Å². The number of nitrogens with one attached hydrogen (secondary N) is 1. The van der Waals surface area contributed by atoms with E-state index in [9.17, 15) is 0 Å². The Morgan fingerprint density at radius 1 is 1.41 bits per heavy atom. The van der Waals surface area contributed by atoms with Crippen LogP contribution in [0, 0.1) is 6.92 Å². The normalized spacial score (nSPS) is 12.7. The number of nitrogens with zero attached hydrogens (tertiary/aromatic N) is 4. The molecule has 0 radical (unpaired) electrons. The Bertz CT molecular complexity index is 522. The molecule has 0 bridgehead atoms. The number of hydrogen-bond donors (Lipinski definition) is 1. The van der Waals surface area contributed by atoms with Gasteiger partial charge in [0.15, 0.2) is 5.82 Å². The Balaban J connectivity index is 2.50. The highest BCUT2D eigenvalue weighted by atomic mass is 79.9. The largest absolute Gasteiger partial charge is 0.311 e. The lowest BCUT2D eigenvalue weighted by Gasteiger charge is -2.12. The van der Waals surface area contributed by atoms with E-state index in [-0.39, 0.29) is 6.04 Å². The molecule has 6 heteroatoms. The quantitative estimate of drug-likeness (QED) is 0.941. The first kappa shape index (κ1) is 12.2. The summed E-state index contributed by atoms with van der Waals surface area (Å²) in [4.78, 5) is 0. The molecule has 0 saturated heterocycles. The average Bonchev–Trinajstić information content (AvgIpc) is 2.77. The van der Waals surface area contributed by atoms with Gasteiger partial charge in [-0.2, -0.15) is 4.68 Å². The van der Waals surface area contributed by atoms with Gasteiger partial charge in [-0.3, -0.25) is 0 Å². The van der Waals surface area contributed by atoms with E-state index in [2.05, 4.69) is 36.8 Å². The van der Waals surface area contributed by atoms with Crippen LogP contribution in [0.3, 0.4) is 0 Å². The third-order valence-corrected chi connectivity index (χ3v) is 3.19. The Morgan fingerprint density at radius 3 is 2.82 bits per heavy atom. The van der Waals surface area contributed by atoms with Gasteiger partial charge in [0.2, 0.25) is 0 Å². The minimum Gasteiger partial charge on any atom is -0.311 e. The Labute approximate surface area is 108 Å². The molecule has 17 heavy (non-hydrogen) atoms. The van der Waals surface area contributed by atoms with Crippen molar-refractivity contribution < 1.29 is 0 Å². The molecule has 2 rings (SSSR count). The second kappa shape index (κ2) is 4.93. The van der Waals surface area contributed by atoms with E-state index < -0.39 is 0 Å². The lowest BCUT2D eigenvalue weighted by molar-refractivity contribution is 0.588. The Morgan fingerprint density at radius 2 is 2.18 bits per heavy atom. The van der Waals surface area contributed by atoms with Crippen molar-refractivity contribution in [2.75, 3.05) is 7.05 Å². The summed E-state index contributed by atoms with van der Waals surface area (Å²) in [5.41, 5.74) is 2.12. The zero-order valence-corrected chi connectivity index (χ0v) is 11.6. The number of aryl methyl sites for hydroxylation is 1. The van der Waals surface area contributed by atoms with E-state index in [1.165, 1.54) is 0 Å². The predicted octanol–water partition coefficient (Wildman–Crippen LogP) is 2.01. The molecule has 0 saturated carbocycles. The Kier molecular flexibility index (Phi) is 3.54. The average molecular weight is 296 g/mol. The van der Waals surface area contributed by atoms with Crippen LogP contribution in [-0.4, -0.2) is 27.3 Å². The first-order valence-corrected chi connectivity index (χ1v) is 6.15. The van der Waals surface area contributed by atoms with E-state index in [1.807, 2.05) is 39.1 Å². The summed E-state index contributed by atoms with van der Waals surface area (Å²) in [5.74, 6) is 0.804. The number of hydrogen-bond acceptors (Lipinski definition) is 4. The van der Waals surface area contributed by atoms with E-state index in [0.717, 1.165) is 21.5 Å². The molecule has 1 N–H and O–H groups in total. The molecule has 5 nitrogen and oxygen atoms in total. The van der Waals surface area contributed by atoms with E-state index in [4.69, 9.17) is 0 Å². The zero-order valence-electron chi connectivity index (χ0n) is 9.98. The molecule has 1 unspecified atom stereocenters. The number of halogens is 1. The molecule has 0 spiro atoms. The van der Waals surface area contributed by atoms with Crippen molar-refractivity contribution in [1.29, 1.82) is 0 Å². The second-order valence-corrected chi connectivity index (χ2v) is 4.81. The van der Waals surface area contributed by atoms with Crippen LogP contribution in [0.4, 0.5) is 0 Å². The van der Waals surface area contributed by atoms with Crippen molar-refractivity contribution in [1.82, 2.24) is 25.5 Å². The summed E-state index contributed by atoms with van der Waals surface area (Å²) < 4.78 is 2.82. The van der Waals surface area contributed by atoms with Gasteiger partial charge in [-0.25, -0.2) is 0 Å². The van der Waals surface area contributed by atoms with Crippen LogP contribution in [0.25, 0.3) is 5.69 Å². The van der Waals surface area contributed by atoms with Crippen molar-refractivity contribution in [2.24, 2.45) is 0 Å². The molecule has 0 aliphatic carbocycles. The van der Waals surface area contributed by atoms with Gasteiger partial charge in [-0.15, -0.1) is 5.10 Å². The Hall–Kier alpha value is -1.27. The van der Waals surface area contributed by atoms with Gasteiger partial charge < -0.3 is 5.32 Å². The van der Waals surface area contributed by atoms with Crippen molar-refractivity contribution in [3.05, 3.63) is 34.1 Å². The zero-order chi connectivity index (χ0) is 12.4. The molecule has 0 aliphatic heterocycles. The van der Waals surface area contributed by atoms with Gasteiger partial charge >= 0.3 is 0 Å². The lowest BCUT2D eigenvalue weighted by atomic mass is 10.2. The molecule has 90 valence electrons. The fourth-order valence-electron chi connectivity index (χ4n) is 1.62. The van der Waals surface area contributed by atoms with Gasteiger partial charge in [-0.05, 0) is 55.1 Å². The molecule has 1 heterocycles. The van der Waals surface area contributed by atoms with Crippen LogP contribution in [0.5, 0.6) is 0 Å². The first-order chi connectivity index (χ1) is 8.13. The molecule has 0 amide bonds. The summed E-state index contributed by atoms with van der Waals surface area (Å²) in [6.45, 7) is 4.06. The highest BCUT2D eigenvalue weighted by Crippen LogP contribution is 2.20. The van der Waals surface area contributed by atoms with Crippen LogP contribution in [0.1, 0.15) is 24.4 Å². The van der Waals surface area contributed by atoms with Crippen molar-refractivity contribution in [3.63, 3.8) is 0 Å². The third kappa shape index (κ3) is 2.37. The van der Waals surface area contributed by atoms with Gasteiger partial charge in [0.05, 0.1) is 11.7 Å². The maximum atomic E-state index is 4.05. The molecule has 2 aromatic rings.